The number of benzene rings is 1. The van der Waals surface area contributed by atoms with E-state index in [1.165, 1.54) is 24.4 Å². The number of alkyl halides is 3. The molecule has 2 aromatic rings. The number of halogens is 3. The fraction of sp³-hybridized carbons (Fsp3) is 0.409. The predicted molar refractivity (Wildman–Crippen MR) is 110 cm³/mol. The number of ketones is 1. The molecular formula is C22H24F3N3O3. The monoisotopic (exact) mass is 435 g/mol. The fourth-order valence-corrected chi connectivity index (χ4v) is 3.35. The molecule has 1 aliphatic rings. The number of anilines is 1. The Morgan fingerprint density at radius 2 is 1.90 bits per heavy atom. The number of Topliss-reactive ketones (excluding diaryl/α,β-unsaturated/α-hetero) is 1. The molecule has 2 heterocycles. The molecular weight excluding hydrogens is 411 g/mol. The van der Waals surface area contributed by atoms with Crippen LogP contribution in [0.1, 0.15) is 29.4 Å². The molecule has 1 aliphatic heterocycles. The van der Waals surface area contributed by atoms with Crippen LogP contribution in [0.2, 0.25) is 0 Å². The Morgan fingerprint density at radius 3 is 2.58 bits per heavy atom. The van der Waals surface area contributed by atoms with Gasteiger partial charge in [0.15, 0.2) is 5.78 Å². The topological polar surface area (TPSA) is 71.5 Å². The molecule has 3 rings (SSSR count). The van der Waals surface area contributed by atoms with E-state index in [4.69, 9.17) is 4.74 Å². The number of aromatic nitrogens is 1. The lowest BCUT2D eigenvalue weighted by Gasteiger charge is -2.26. The molecule has 31 heavy (non-hydrogen) atoms. The van der Waals surface area contributed by atoms with E-state index in [2.05, 4.69) is 10.3 Å². The second-order valence-corrected chi connectivity index (χ2v) is 7.33. The summed E-state index contributed by atoms with van der Waals surface area (Å²) in [6.45, 7) is 4.22. The zero-order chi connectivity index (χ0) is 22.4. The second kappa shape index (κ2) is 10.0. The summed E-state index contributed by atoms with van der Waals surface area (Å²) in [4.78, 5) is 31.0. The van der Waals surface area contributed by atoms with Crippen molar-refractivity contribution in [1.29, 1.82) is 0 Å². The van der Waals surface area contributed by atoms with Crippen LogP contribution in [0.3, 0.4) is 0 Å². The number of pyridine rings is 1. The highest BCUT2D eigenvalue weighted by atomic mass is 19.4. The lowest BCUT2D eigenvalue weighted by atomic mass is 10.0. The van der Waals surface area contributed by atoms with Crippen LogP contribution in [0, 0.1) is 0 Å². The summed E-state index contributed by atoms with van der Waals surface area (Å²) in [6, 6.07) is 7.63. The molecule has 0 aliphatic carbocycles. The number of hydrogen-bond acceptors (Lipinski definition) is 5. The largest absolute Gasteiger partial charge is 0.393 e. The van der Waals surface area contributed by atoms with Crippen molar-refractivity contribution in [3.63, 3.8) is 0 Å². The molecule has 0 spiro atoms. The molecule has 1 amide bonds. The highest BCUT2D eigenvalue weighted by Crippen LogP contribution is 2.28. The van der Waals surface area contributed by atoms with Crippen LogP contribution in [-0.2, 0) is 16.0 Å². The van der Waals surface area contributed by atoms with Gasteiger partial charge in [0.1, 0.15) is 5.69 Å². The average Bonchev–Trinajstić information content (AvgIpc) is 2.73. The first-order chi connectivity index (χ1) is 14.7. The summed E-state index contributed by atoms with van der Waals surface area (Å²) in [6.07, 6.45) is -3.70. The fourth-order valence-electron chi connectivity index (χ4n) is 3.35. The zero-order valence-electron chi connectivity index (χ0n) is 17.2. The summed E-state index contributed by atoms with van der Waals surface area (Å²) in [5.74, 6) is -0.532. The van der Waals surface area contributed by atoms with Crippen molar-refractivity contribution in [3.05, 3.63) is 47.8 Å². The van der Waals surface area contributed by atoms with Gasteiger partial charge in [-0.25, -0.2) is 0 Å². The smallest absolute Gasteiger partial charge is 0.379 e. The molecule has 0 unspecified atom stereocenters. The van der Waals surface area contributed by atoms with Crippen molar-refractivity contribution < 1.29 is 27.5 Å². The molecule has 0 saturated carbocycles. The number of nitrogens with zero attached hydrogens (tertiary/aromatic N) is 2. The van der Waals surface area contributed by atoms with Crippen LogP contribution < -0.4 is 5.32 Å². The number of hydrogen-bond donors (Lipinski definition) is 1. The van der Waals surface area contributed by atoms with Gasteiger partial charge in [-0.15, -0.1) is 0 Å². The molecule has 6 nitrogen and oxygen atoms in total. The van der Waals surface area contributed by atoms with Crippen LogP contribution in [0.5, 0.6) is 0 Å². The zero-order valence-corrected chi connectivity index (χ0v) is 17.2. The third kappa shape index (κ3) is 6.60. The number of rotatable bonds is 7. The number of ether oxygens (including phenoxy) is 1. The van der Waals surface area contributed by atoms with Crippen LogP contribution >= 0.6 is 0 Å². The molecule has 0 atom stereocenters. The van der Waals surface area contributed by atoms with E-state index in [-0.39, 0.29) is 41.6 Å². The molecule has 1 N–H and O–H groups in total. The third-order valence-electron chi connectivity index (χ3n) is 4.88. The van der Waals surface area contributed by atoms with Crippen molar-refractivity contribution in [2.75, 3.05) is 38.2 Å². The van der Waals surface area contributed by atoms with Crippen molar-refractivity contribution in [3.8, 4) is 11.1 Å². The maximum atomic E-state index is 12.7. The van der Waals surface area contributed by atoms with E-state index >= 15 is 0 Å². The lowest BCUT2D eigenvalue weighted by molar-refractivity contribution is -0.127. The molecule has 1 aromatic heterocycles. The Labute approximate surface area is 178 Å². The molecule has 166 valence electrons. The van der Waals surface area contributed by atoms with E-state index in [0.717, 1.165) is 0 Å². The van der Waals surface area contributed by atoms with Gasteiger partial charge in [0, 0.05) is 31.3 Å². The highest BCUT2D eigenvalue weighted by molar-refractivity contribution is 6.04. The van der Waals surface area contributed by atoms with Gasteiger partial charge >= 0.3 is 6.18 Å². The van der Waals surface area contributed by atoms with E-state index in [1.54, 1.807) is 19.1 Å². The first-order valence-corrected chi connectivity index (χ1v) is 10.0. The molecule has 0 radical (unpaired) electrons. The molecule has 1 saturated heterocycles. The van der Waals surface area contributed by atoms with Gasteiger partial charge in [-0.05, 0) is 17.2 Å². The number of amides is 1. The van der Waals surface area contributed by atoms with Crippen molar-refractivity contribution in [2.24, 2.45) is 0 Å². The number of carbonyl (C=O) groups excluding carboxylic acids is 2. The second-order valence-electron chi connectivity index (χ2n) is 7.33. The van der Waals surface area contributed by atoms with Gasteiger partial charge in [0.05, 0.1) is 31.9 Å². The quantitative estimate of drug-likeness (QED) is 0.672. The van der Waals surface area contributed by atoms with Gasteiger partial charge < -0.3 is 10.1 Å². The van der Waals surface area contributed by atoms with Gasteiger partial charge in [0.25, 0.3) is 0 Å². The minimum Gasteiger partial charge on any atom is -0.379 e. The lowest BCUT2D eigenvalue weighted by Crippen LogP contribution is -2.41. The molecule has 9 heteroatoms. The Hall–Kier alpha value is -2.78. The van der Waals surface area contributed by atoms with Crippen LogP contribution in [0.25, 0.3) is 11.1 Å². The van der Waals surface area contributed by atoms with E-state index in [1.807, 2.05) is 4.90 Å². The maximum Gasteiger partial charge on any atom is 0.393 e. The first-order valence-electron chi connectivity index (χ1n) is 10.0. The minimum absolute atomic E-state index is 0.122. The van der Waals surface area contributed by atoms with Crippen molar-refractivity contribution in [2.45, 2.75) is 25.9 Å². The van der Waals surface area contributed by atoms with E-state index in [0.29, 0.717) is 37.4 Å². The van der Waals surface area contributed by atoms with Gasteiger partial charge in [-0.2, -0.15) is 13.2 Å². The Morgan fingerprint density at radius 1 is 1.16 bits per heavy atom. The van der Waals surface area contributed by atoms with Crippen molar-refractivity contribution in [1.82, 2.24) is 9.88 Å². The van der Waals surface area contributed by atoms with E-state index in [9.17, 15) is 22.8 Å². The Kier molecular flexibility index (Phi) is 7.40. The summed E-state index contributed by atoms with van der Waals surface area (Å²) >= 11 is 0. The SMILES string of the molecule is CCC(=O)c1ncc(-c2cccc(CC(F)(F)F)c2)cc1NC(=O)CN1CCOCC1. The van der Waals surface area contributed by atoms with Crippen LogP contribution in [0.4, 0.5) is 18.9 Å². The Bertz CT molecular complexity index is 941. The predicted octanol–water partition coefficient (Wildman–Crippen LogP) is 3.72. The molecule has 0 bridgehead atoms. The molecule has 1 fully saturated rings. The van der Waals surface area contributed by atoms with Gasteiger partial charge in [-0.1, -0.05) is 31.2 Å². The number of nitrogens with one attached hydrogen (secondary N) is 1. The summed E-state index contributed by atoms with van der Waals surface area (Å²) in [5.41, 5.74) is 1.54. The van der Waals surface area contributed by atoms with Crippen LogP contribution in [-0.4, -0.2) is 60.6 Å². The Balaban J connectivity index is 1.85. The first kappa shape index (κ1) is 22.9. The van der Waals surface area contributed by atoms with Gasteiger partial charge in [0.2, 0.25) is 5.91 Å². The highest BCUT2D eigenvalue weighted by Gasteiger charge is 2.27. The minimum atomic E-state index is -4.31. The molecule has 1 aromatic carbocycles. The van der Waals surface area contributed by atoms with Gasteiger partial charge in [-0.3, -0.25) is 19.5 Å². The maximum absolute atomic E-state index is 12.7. The summed E-state index contributed by atoms with van der Waals surface area (Å²) in [5, 5.41) is 2.75. The average molecular weight is 435 g/mol. The van der Waals surface area contributed by atoms with Crippen LogP contribution in [0.15, 0.2) is 36.5 Å². The number of carbonyl (C=O) groups is 2. The third-order valence-corrected chi connectivity index (χ3v) is 4.88. The summed E-state index contributed by atoms with van der Waals surface area (Å²) in [7, 11) is 0. The summed E-state index contributed by atoms with van der Waals surface area (Å²) < 4.78 is 43.5. The normalized spacial score (nSPS) is 15.0. The standard InChI is InChI=1S/C22H24F3N3O3/c1-2-19(29)21-18(27-20(30)14-28-6-8-31-9-7-28)11-17(13-26-21)16-5-3-4-15(10-16)12-22(23,24)25/h3-5,10-11,13H,2,6-9,12,14H2,1H3,(H,27,30). The number of morpholine rings is 1. The van der Waals surface area contributed by atoms with E-state index < -0.39 is 12.6 Å². The van der Waals surface area contributed by atoms with Crippen molar-refractivity contribution >= 4 is 17.4 Å².